The number of allylic oxidation sites excluding steroid dienone is 2. The smallest absolute Gasteiger partial charge is 0.225 e. The molecule has 0 aliphatic carbocycles. The van der Waals surface area contributed by atoms with Gasteiger partial charge in [0.25, 0.3) is 0 Å². The van der Waals surface area contributed by atoms with Crippen LogP contribution in [0.25, 0.3) is 0 Å². The van der Waals surface area contributed by atoms with E-state index in [1.165, 1.54) is 12.2 Å². The SMILES string of the molecule is C=CC=CS(N)(=O)=O. The molecule has 0 amide bonds. The zero-order valence-electron chi connectivity index (χ0n) is 4.24. The molecule has 4 heteroatoms. The molecule has 0 saturated carbocycles. The van der Waals surface area contributed by atoms with Gasteiger partial charge in [-0.2, -0.15) is 0 Å². The minimum Gasteiger partial charge on any atom is -0.225 e. The minimum absolute atomic E-state index is 0.875. The quantitative estimate of drug-likeness (QED) is 0.538. The third kappa shape index (κ3) is 5.39. The molecular weight excluding hydrogens is 126 g/mol. The summed E-state index contributed by atoms with van der Waals surface area (Å²) in [4.78, 5) is 0. The summed E-state index contributed by atoms with van der Waals surface area (Å²) >= 11 is 0. The molecule has 0 atom stereocenters. The van der Waals surface area contributed by atoms with E-state index in [2.05, 4.69) is 11.7 Å². The maximum atomic E-state index is 10.0. The Hall–Kier alpha value is -0.610. The molecule has 0 saturated heterocycles. The second-order valence-corrected chi connectivity index (χ2v) is 2.60. The highest BCUT2D eigenvalue weighted by atomic mass is 32.2. The van der Waals surface area contributed by atoms with Crippen molar-refractivity contribution in [3.63, 3.8) is 0 Å². The van der Waals surface area contributed by atoms with E-state index in [0.29, 0.717) is 0 Å². The van der Waals surface area contributed by atoms with Gasteiger partial charge in [0.2, 0.25) is 10.0 Å². The van der Waals surface area contributed by atoms with Crippen LogP contribution >= 0.6 is 0 Å². The maximum absolute atomic E-state index is 10.0. The lowest BCUT2D eigenvalue weighted by Gasteiger charge is -1.78. The molecule has 2 N–H and O–H groups in total. The summed E-state index contributed by atoms with van der Waals surface area (Å²) in [6, 6.07) is 0. The van der Waals surface area contributed by atoms with E-state index < -0.39 is 10.0 Å². The zero-order valence-corrected chi connectivity index (χ0v) is 5.06. The van der Waals surface area contributed by atoms with E-state index in [1.807, 2.05) is 0 Å². The number of hydrogen-bond donors (Lipinski definition) is 1. The Balaban J connectivity index is 4.12. The van der Waals surface area contributed by atoms with Crippen molar-refractivity contribution >= 4 is 10.0 Å². The lowest BCUT2D eigenvalue weighted by atomic mass is 10.6. The first-order valence-corrected chi connectivity index (χ1v) is 3.49. The first kappa shape index (κ1) is 7.39. The monoisotopic (exact) mass is 133 g/mol. The van der Waals surface area contributed by atoms with E-state index in [1.54, 1.807) is 0 Å². The Morgan fingerprint density at radius 3 is 2.12 bits per heavy atom. The second kappa shape index (κ2) is 2.64. The summed E-state index contributed by atoms with van der Waals surface area (Å²) in [6.07, 6.45) is 2.60. The second-order valence-electron chi connectivity index (χ2n) is 1.15. The van der Waals surface area contributed by atoms with Gasteiger partial charge < -0.3 is 0 Å². The molecule has 0 bridgehead atoms. The van der Waals surface area contributed by atoms with E-state index >= 15 is 0 Å². The van der Waals surface area contributed by atoms with Crippen molar-refractivity contribution in [2.24, 2.45) is 5.14 Å². The molecule has 0 fully saturated rings. The average molecular weight is 133 g/mol. The number of primary sulfonamides is 1. The van der Waals surface area contributed by atoms with Gasteiger partial charge in [-0.15, -0.1) is 0 Å². The van der Waals surface area contributed by atoms with Crippen LogP contribution in [0.5, 0.6) is 0 Å². The van der Waals surface area contributed by atoms with Gasteiger partial charge in [0.1, 0.15) is 0 Å². The maximum Gasteiger partial charge on any atom is 0.231 e. The highest BCUT2D eigenvalue weighted by Crippen LogP contribution is 1.78. The molecule has 0 unspecified atom stereocenters. The Morgan fingerprint density at radius 1 is 1.50 bits per heavy atom. The number of sulfonamides is 1. The fourth-order valence-electron chi connectivity index (χ4n) is 0.165. The van der Waals surface area contributed by atoms with Crippen molar-refractivity contribution < 1.29 is 8.42 Å². The summed E-state index contributed by atoms with van der Waals surface area (Å²) in [7, 11) is -3.44. The predicted molar refractivity (Wildman–Crippen MR) is 32.4 cm³/mol. The number of rotatable bonds is 2. The van der Waals surface area contributed by atoms with Crippen LogP contribution in [0.15, 0.2) is 24.1 Å². The molecule has 0 heterocycles. The third-order valence-electron chi connectivity index (χ3n) is 0.404. The van der Waals surface area contributed by atoms with Gasteiger partial charge >= 0.3 is 0 Å². The molecule has 0 rings (SSSR count). The van der Waals surface area contributed by atoms with Gasteiger partial charge in [-0.05, 0) is 0 Å². The van der Waals surface area contributed by atoms with Crippen LogP contribution in [-0.2, 0) is 10.0 Å². The largest absolute Gasteiger partial charge is 0.231 e. The molecule has 0 radical (unpaired) electrons. The van der Waals surface area contributed by atoms with E-state index in [4.69, 9.17) is 0 Å². The van der Waals surface area contributed by atoms with Crippen LogP contribution in [0, 0.1) is 0 Å². The normalized spacial score (nSPS) is 12.1. The molecule has 0 spiro atoms. The Bertz CT molecular complexity index is 190. The first-order chi connectivity index (χ1) is 3.56. The topological polar surface area (TPSA) is 60.2 Å². The van der Waals surface area contributed by atoms with Crippen molar-refractivity contribution in [1.82, 2.24) is 0 Å². The van der Waals surface area contributed by atoms with Crippen LogP contribution in [-0.4, -0.2) is 8.42 Å². The van der Waals surface area contributed by atoms with Crippen molar-refractivity contribution in [1.29, 1.82) is 0 Å². The Labute approximate surface area is 48.6 Å². The molecule has 46 valence electrons. The first-order valence-electron chi connectivity index (χ1n) is 1.88. The van der Waals surface area contributed by atoms with E-state index in [0.717, 1.165) is 5.41 Å². The van der Waals surface area contributed by atoms with Crippen LogP contribution in [0.3, 0.4) is 0 Å². The molecule has 0 aliphatic heterocycles. The van der Waals surface area contributed by atoms with Gasteiger partial charge in [-0.3, -0.25) is 0 Å². The van der Waals surface area contributed by atoms with Gasteiger partial charge in [0.05, 0.1) is 0 Å². The number of nitrogens with two attached hydrogens (primary N) is 1. The van der Waals surface area contributed by atoms with Crippen molar-refractivity contribution in [3.05, 3.63) is 24.1 Å². The minimum atomic E-state index is -3.44. The van der Waals surface area contributed by atoms with Crippen molar-refractivity contribution in [2.75, 3.05) is 0 Å². The highest BCUT2D eigenvalue weighted by Gasteiger charge is 1.88. The predicted octanol–water partition coefficient (Wildman–Crippen LogP) is -0.0254. The molecule has 0 aromatic rings. The Morgan fingerprint density at radius 2 is 2.00 bits per heavy atom. The molecule has 8 heavy (non-hydrogen) atoms. The summed E-state index contributed by atoms with van der Waals surface area (Å²) in [6.45, 7) is 3.26. The lowest BCUT2D eigenvalue weighted by Crippen LogP contribution is -2.06. The van der Waals surface area contributed by atoms with Crippen molar-refractivity contribution in [3.8, 4) is 0 Å². The average Bonchev–Trinajstić information content (AvgIpc) is 1.59. The van der Waals surface area contributed by atoms with Gasteiger partial charge in [-0.25, -0.2) is 13.6 Å². The number of hydrogen-bond acceptors (Lipinski definition) is 2. The molecular formula is C4H7NO2S. The highest BCUT2D eigenvalue weighted by molar-refractivity contribution is 7.92. The van der Waals surface area contributed by atoms with Crippen molar-refractivity contribution in [2.45, 2.75) is 0 Å². The molecule has 0 aromatic carbocycles. The fraction of sp³-hybridized carbons (Fsp3) is 0. The van der Waals surface area contributed by atoms with Crippen LogP contribution in [0.4, 0.5) is 0 Å². The lowest BCUT2D eigenvalue weighted by molar-refractivity contribution is 0.606. The van der Waals surface area contributed by atoms with Crippen LogP contribution in [0.1, 0.15) is 0 Å². The van der Waals surface area contributed by atoms with Gasteiger partial charge in [-0.1, -0.05) is 18.7 Å². The Kier molecular flexibility index (Phi) is 2.44. The summed E-state index contributed by atoms with van der Waals surface area (Å²) < 4.78 is 20.1. The zero-order chi connectivity index (χ0) is 6.62. The molecule has 0 aromatic heterocycles. The standard InChI is InChI=1S/C4H7NO2S/c1-2-3-4-8(5,6)7/h2-4H,1H2,(H2,5,6,7). The fourth-order valence-corrected chi connectivity index (χ4v) is 0.495. The van der Waals surface area contributed by atoms with Crippen LogP contribution < -0.4 is 5.14 Å². The van der Waals surface area contributed by atoms with E-state index in [-0.39, 0.29) is 0 Å². The van der Waals surface area contributed by atoms with Crippen LogP contribution in [0.2, 0.25) is 0 Å². The molecule has 3 nitrogen and oxygen atoms in total. The van der Waals surface area contributed by atoms with E-state index in [9.17, 15) is 8.42 Å². The third-order valence-corrected chi connectivity index (χ3v) is 0.941. The van der Waals surface area contributed by atoms with Gasteiger partial charge in [0, 0.05) is 5.41 Å². The summed E-state index contributed by atoms with van der Waals surface area (Å²) in [5.41, 5.74) is 0. The van der Waals surface area contributed by atoms with Gasteiger partial charge in [0.15, 0.2) is 0 Å². The molecule has 0 aliphatic rings. The summed E-state index contributed by atoms with van der Waals surface area (Å²) in [5, 5.41) is 5.43. The summed E-state index contributed by atoms with van der Waals surface area (Å²) in [5.74, 6) is 0.